The summed E-state index contributed by atoms with van der Waals surface area (Å²) in [6.45, 7) is 1.95. The van der Waals surface area contributed by atoms with Gasteiger partial charge in [0, 0.05) is 20.8 Å². The molecule has 3 N–H and O–H groups in total. The molecule has 0 aliphatic rings. The van der Waals surface area contributed by atoms with Crippen LogP contribution in [0.15, 0.2) is 0 Å². The van der Waals surface area contributed by atoms with Gasteiger partial charge in [0.1, 0.15) is 0 Å². The topological polar surface area (TPSA) is 71.0 Å². The molecule has 0 amide bonds. The molecular weight excluding hydrogens is 174 g/mol. The summed E-state index contributed by atoms with van der Waals surface area (Å²) in [5.41, 5.74) is 0. The van der Waals surface area contributed by atoms with Gasteiger partial charge in [-0.25, -0.2) is 0 Å². The lowest BCUT2D eigenvalue weighted by Crippen LogP contribution is -2.43. The number of aliphatic hydroxyl groups is 2. The largest absolute Gasteiger partial charge is 0.394 e. The molecule has 0 spiro atoms. The van der Waals surface area contributed by atoms with Crippen LogP contribution >= 0.6 is 0 Å². The smallest absolute Gasteiger partial charge is 0.171 e. The van der Waals surface area contributed by atoms with E-state index in [-0.39, 0.29) is 18.9 Å². The third kappa shape index (κ3) is 5.17. The fourth-order valence-corrected chi connectivity index (χ4v) is 0.987. The summed E-state index contributed by atoms with van der Waals surface area (Å²) in [6, 6.07) is -0.0313. The summed E-state index contributed by atoms with van der Waals surface area (Å²) in [6.07, 6.45) is -1.08. The Labute approximate surface area is 78.7 Å². The van der Waals surface area contributed by atoms with Gasteiger partial charge in [0.25, 0.3) is 0 Å². The van der Waals surface area contributed by atoms with Crippen molar-refractivity contribution in [3.63, 3.8) is 0 Å². The Kier molecular flexibility index (Phi) is 7.12. The molecule has 0 heterocycles. The van der Waals surface area contributed by atoms with Crippen LogP contribution in [0.4, 0.5) is 0 Å². The average molecular weight is 193 g/mol. The number of methoxy groups -OCH3 is 2. The van der Waals surface area contributed by atoms with Gasteiger partial charge in [0.05, 0.1) is 18.8 Å². The summed E-state index contributed by atoms with van der Waals surface area (Å²) in [7, 11) is 3.10. The Morgan fingerprint density at radius 3 is 2.23 bits per heavy atom. The molecule has 0 radical (unpaired) electrons. The SMILES string of the molecule is COC(OC)C(C)NCC(O)CO. The van der Waals surface area contributed by atoms with Crippen molar-refractivity contribution >= 4 is 0 Å². The molecule has 0 bridgehead atoms. The third-order valence-electron chi connectivity index (χ3n) is 1.76. The van der Waals surface area contributed by atoms with E-state index in [0.717, 1.165) is 0 Å². The van der Waals surface area contributed by atoms with Gasteiger partial charge in [-0.2, -0.15) is 0 Å². The minimum Gasteiger partial charge on any atom is -0.394 e. The highest BCUT2D eigenvalue weighted by atomic mass is 16.7. The van der Waals surface area contributed by atoms with E-state index in [1.807, 2.05) is 6.92 Å². The van der Waals surface area contributed by atoms with Gasteiger partial charge in [-0.1, -0.05) is 0 Å². The number of hydrogen-bond donors (Lipinski definition) is 3. The van der Waals surface area contributed by atoms with E-state index in [1.54, 1.807) is 14.2 Å². The molecule has 0 aromatic carbocycles. The van der Waals surface area contributed by atoms with Crippen molar-refractivity contribution in [1.82, 2.24) is 5.32 Å². The number of ether oxygens (including phenoxy) is 2. The molecular formula is C8H19NO4. The zero-order valence-electron chi connectivity index (χ0n) is 8.36. The number of rotatable bonds is 7. The fourth-order valence-electron chi connectivity index (χ4n) is 0.987. The Hall–Kier alpha value is -0.200. The van der Waals surface area contributed by atoms with E-state index >= 15 is 0 Å². The van der Waals surface area contributed by atoms with Crippen LogP contribution in [0.5, 0.6) is 0 Å². The van der Waals surface area contributed by atoms with E-state index in [2.05, 4.69) is 5.32 Å². The predicted octanol–water partition coefficient (Wildman–Crippen LogP) is -1.06. The van der Waals surface area contributed by atoms with Crippen LogP contribution in [0.1, 0.15) is 6.92 Å². The quantitative estimate of drug-likeness (QED) is 0.449. The highest BCUT2D eigenvalue weighted by Crippen LogP contribution is 1.98. The lowest BCUT2D eigenvalue weighted by atomic mass is 10.3. The highest BCUT2D eigenvalue weighted by molar-refractivity contribution is 4.67. The molecule has 0 fully saturated rings. The molecule has 2 atom stereocenters. The summed E-state index contributed by atoms with van der Waals surface area (Å²) < 4.78 is 10.00. The lowest BCUT2D eigenvalue weighted by molar-refractivity contribution is -0.120. The lowest BCUT2D eigenvalue weighted by Gasteiger charge is -2.23. The van der Waals surface area contributed by atoms with Crippen LogP contribution in [0.25, 0.3) is 0 Å². The summed E-state index contributed by atoms with van der Waals surface area (Å²) >= 11 is 0. The first-order chi connectivity index (χ1) is 6.15. The molecule has 2 unspecified atom stereocenters. The van der Waals surface area contributed by atoms with E-state index in [9.17, 15) is 0 Å². The number of nitrogens with one attached hydrogen (secondary N) is 1. The average Bonchev–Trinajstić information content (AvgIpc) is 2.16. The van der Waals surface area contributed by atoms with E-state index in [4.69, 9.17) is 19.7 Å². The minimum atomic E-state index is -0.739. The van der Waals surface area contributed by atoms with Crippen LogP contribution in [-0.2, 0) is 9.47 Å². The van der Waals surface area contributed by atoms with Gasteiger partial charge in [0.2, 0.25) is 0 Å². The van der Waals surface area contributed by atoms with Crippen molar-refractivity contribution in [2.45, 2.75) is 25.4 Å². The maximum absolute atomic E-state index is 9.04. The van der Waals surface area contributed by atoms with Gasteiger partial charge in [-0.3, -0.25) is 0 Å². The maximum atomic E-state index is 9.04. The Bertz CT molecular complexity index is 119. The van der Waals surface area contributed by atoms with Crippen LogP contribution in [0.3, 0.4) is 0 Å². The molecule has 80 valence electrons. The van der Waals surface area contributed by atoms with Crippen LogP contribution in [0, 0.1) is 0 Å². The molecule has 5 nitrogen and oxygen atoms in total. The molecule has 5 heteroatoms. The first-order valence-corrected chi connectivity index (χ1v) is 4.23. The maximum Gasteiger partial charge on any atom is 0.171 e. The van der Waals surface area contributed by atoms with Crippen LogP contribution < -0.4 is 5.32 Å². The van der Waals surface area contributed by atoms with Gasteiger partial charge in [-0.15, -0.1) is 0 Å². The molecule has 0 aliphatic heterocycles. The molecule has 0 aromatic heterocycles. The second-order valence-corrected chi connectivity index (χ2v) is 2.87. The van der Waals surface area contributed by atoms with Crippen molar-refractivity contribution < 1.29 is 19.7 Å². The summed E-state index contributed by atoms with van der Waals surface area (Å²) in [4.78, 5) is 0. The first kappa shape index (κ1) is 12.8. The normalized spacial score (nSPS) is 16.2. The number of aliphatic hydroxyl groups excluding tert-OH is 2. The minimum absolute atomic E-state index is 0.0313. The van der Waals surface area contributed by atoms with Crippen molar-refractivity contribution in [2.75, 3.05) is 27.4 Å². The summed E-state index contributed by atoms with van der Waals surface area (Å²) in [5, 5.41) is 20.6. The fraction of sp³-hybridized carbons (Fsp3) is 1.00. The van der Waals surface area contributed by atoms with Crippen molar-refractivity contribution in [2.24, 2.45) is 0 Å². The zero-order valence-corrected chi connectivity index (χ0v) is 8.36. The van der Waals surface area contributed by atoms with Gasteiger partial charge in [-0.05, 0) is 6.92 Å². The second-order valence-electron chi connectivity index (χ2n) is 2.87. The second kappa shape index (κ2) is 7.23. The number of hydrogen-bond acceptors (Lipinski definition) is 5. The Balaban J connectivity index is 3.65. The third-order valence-corrected chi connectivity index (χ3v) is 1.76. The zero-order chi connectivity index (χ0) is 10.3. The van der Waals surface area contributed by atoms with Crippen molar-refractivity contribution in [3.8, 4) is 0 Å². The van der Waals surface area contributed by atoms with Crippen LogP contribution in [-0.4, -0.2) is 56.0 Å². The molecule has 0 saturated heterocycles. The molecule has 0 aromatic rings. The summed E-state index contributed by atoms with van der Waals surface area (Å²) in [5.74, 6) is 0. The van der Waals surface area contributed by atoms with E-state index in [0.29, 0.717) is 6.54 Å². The highest BCUT2D eigenvalue weighted by Gasteiger charge is 2.15. The van der Waals surface area contributed by atoms with Gasteiger partial charge >= 0.3 is 0 Å². The monoisotopic (exact) mass is 193 g/mol. The van der Waals surface area contributed by atoms with E-state index in [1.165, 1.54) is 0 Å². The molecule has 13 heavy (non-hydrogen) atoms. The molecule has 0 aliphatic carbocycles. The van der Waals surface area contributed by atoms with E-state index < -0.39 is 6.10 Å². The van der Waals surface area contributed by atoms with Crippen LogP contribution in [0.2, 0.25) is 0 Å². The Morgan fingerprint density at radius 1 is 1.31 bits per heavy atom. The predicted molar refractivity (Wildman–Crippen MR) is 48.4 cm³/mol. The first-order valence-electron chi connectivity index (χ1n) is 4.23. The molecule has 0 rings (SSSR count). The van der Waals surface area contributed by atoms with Gasteiger partial charge < -0.3 is 25.0 Å². The standard InChI is InChI=1S/C8H19NO4/c1-6(8(12-2)13-3)9-4-7(11)5-10/h6-11H,4-5H2,1-3H3. The van der Waals surface area contributed by atoms with Crippen molar-refractivity contribution in [3.05, 3.63) is 0 Å². The van der Waals surface area contributed by atoms with Gasteiger partial charge in [0.15, 0.2) is 6.29 Å². The Morgan fingerprint density at radius 2 is 1.85 bits per heavy atom. The molecule has 0 saturated carbocycles. The van der Waals surface area contributed by atoms with Crippen molar-refractivity contribution in [1.29, 1.82) is 0 Å².